The minimum atomic E-state index is -0.270. The van der Waals surface area contributed by atoms with Crippen molar-refractivity contribution in [2.24, 2.45) is 5.92 Å². The molecule has 0 aliphatic heterocycles. The average Bonchev–Trinajstić information content (AvgIpc) is 3.59. The van der Waals surface area contributed by atoms with Crippen LogP contribution in [0.1, 0.15) is 26.7 Å². The molecule has 3 N–H and O–H groups in total. The molecule has 0 unspecified atom stereocenters. The highest BCUT2D eigenvalue weighted by Crippen LogP contribution is 2.34. The Morgan fingerprint density at radius 2 is 1.90 bits per heavy atom. The molecule has 39 heavy (non-hydrogen) atoms. The first-order chi connectivity index (χ1) is 18.9. The van der Waals surface area contributed by atoms with Crippen molar-refractivity contribution in [2.45, 2.75) is 26.7 Å². The van der Waals surface area contributed by atoms with Gasteiger partial charge in [-0.05, 0) is 85.7 Å². The van der Waals surface area contributed by atoms with Crippen LogP contribution < -0.4 is 15.9 Å². The van der Waals surface area contributed by atoms with Gasteiger partial charge >= 0.3 is 0 Å². The van der Waals surface area contributed by atoms with Gasteiger partial charge in [0, 0.05) is 33.8 Å². The molecule has 3 aromatic heterocycles. The first-order valence-corrected chi connectivity index (χ1v) is 13.0. The van der Waals surface area contributed by atoms with Crippen LogP contribution in [0.4, 0.5) is 4.39 Å². The zero-order chi connectivity index (χ0) is 27.5. The summed E-state index contributed by atoms with van der Waals surface area (Å²) in [5, 5.41) is 14.0. The molecule has 1 aliphatic rings. The van der Waals surface area contributed by atoms with Gasteiger partial charge in [0.1, 0.15) is 11.5 Å². The van der Waals surface area contributed by atoms with Crippen LogP contribution in [0.15, 0.2) is 103 Å². The molecule has 1 aromatic carbocycles. The van der Waals surface area contributed by atoms with E-state index < -0.39 is 0 Å². The number of hydrogen-bond donors (Lipinski definition) is 3. The van der Waals surface area contributed by atoms with Crippen molar-refractivity contribution in [1.29, 1.82) is 0 Å². The van der Waals surface area contributed by atoms with Crippen molar-refractivity contribution in [1.82, 2.24) is 25.5 Å². The predicted molar refractivity (Wildman–Crippen MR) is 159 cm³/mol. The number of rotatable bonds is 9. The Hall–Kier alpha value is -4.71. The molecule has 1 saturated carbocycles. The van der Waals surface area contributed by atoms with Crippen molar-refractivity contribution in [2.75, 3.05) is 0 Å². The number of nitrogens with zero attached hydrogens (tertiary/aromatic N) is 2. The molecule has 0 radical (unpaired) electrons. The normalized spacial score (nSPS) is 15.2. The molecule has 1 fully saturated rings. The number of nitrogens with one attached hydrogen (secondary N) is 3. The Balaban J connectivity index is 1.54. The number of allylic oxidation sites excluding steroid dienone is 6. The quantitative estimate of drug-likeness (QED) is 0.224. The highest BCUT2D eigenvalue weighted by molar-refractivity contribution is 5.97. The lowest BCUT2D eigenvalue weighted by Gasteiger charge is -2.11. The summed E-state index contributed by atoms with van der Waals surface area (Å²) < 4.78 is 13.5. The van der Waals surface area contributed by atoms with E-state index in [0.717, 1.165) is 66.5 Å². The fourth-order valence-electron chi connectivity index (χ4n) is 4.63. The number of halogens is 1. The van der Waals surface area contributed by atoms with Crippen LogP contribution in [0.5, 0.6) is 0 Å². The molecule has 0 bridgehead atoms. The first-order valence-electron chi connectivity index (χ1n) is 13.0. The van der Waals surface area contributed by atoms with Gasteiger partial charge in [0.2, 0.25) is 0 Å². The topological polar surface area (TPSA) is 69.4 Å². The smallest absolute Gasteiger partial charge is 0.123 e. The third-order valence-corrected chi connectivity index (χ3v) is 6.98. The molecular formula is C33H32FN5. The number of benzene rings is 1. The molecule has 5 nitrogen and oxygen atoms in total. The summed E-state index contributed by atoms with van der Waals surface area (Å²) in [6.45, 7) is 16.5. The van der Waals surface area contributed by atoms with Crippen LogP contribution >= 0.6 is 0 Å². The molecule has 0 amide bonds. The zero-order valence-corrected chi connectivity index (χ0v) is 22.3. The number of aromatic nitrogens is 4. The molecule has 196 valence electrons. The van der Waals surface area contributed by atoms with Gasteiger partial charge in [-0.15, -0.1) is 0 Å². The Morgan fingerprint density at radius 3 is 2.56 bits per heavy atom. The van der Waals surface area contributed by atoms with Gasteiger partial charge in [0.05, 0.1) is 22.8 Å². The first kappa shape index (κ1) is 25.9. The van der Waals surface area contributed by atoms with Crippen LogP contribution in [0, 0.1) is 11.7 Å². The summed E-state index contributed by atoms with van der Waals surface area (Å²) >= 11 is 0. The van der Waals surface area contributed by atoms with Crippen molar-refractivity contribution < 1.29 is 4.39 Å². The van der Waals surface area contributed by atoms with Crippen molar-refractivity contribution >= 4 is 23.1 Å². The predicted octanol–water partition coefficient (Wildman–Crippen LogP) is 6.43. The summed E-state index contributed by atoms with van der Waals surface area (Å²) in [6.07, 6.45) is 15.9. The number of aromatic amines is 2. The van der Waals surface area contributed by atoms with Crippen molar-refractivity contribution in [3.8, 4) is 22.5 Å². The number of pyridine rings is 1. The van der Waals surface area contributed by atoms with E-state index in [9.17, 15) is 4.39 Å². The molecule has 3 heterocycles. The van der Waals surface area contributed by atoms with Crippen LogP contribution in [0.2, 0.25) is 0 Å². The van der Waals surface area contributed by atoms with Crippen LogP contribution in [-0.4, -0.2) is 20.2 Å². The second kappa shape index (κ2) is 11.0. The highest BCUT2D eigenvalue weighted by Gasteiger charge is 2.24. The summed E-state index contributed by atoms with van der Waals surface area (Å²) in [4.78, 5) is 7.87. The maximum Gasteiger partial charge on any atom is 0.123 e. The van der Waals surface area contributed by atoms with Crippen LogP contribution in [0.25, 0.3) is 45.6 Å². The van der Waals surface area contributed by atoms with E-state index in [1.165, 1.54) is 25.0 Å². The molecular weight excluding hydrogens is 485 g/mol. The Kier molecular flexibility index (Phi) is 7.28. The van der Waals surface area contributed by atoms with Crippen LogP contribution in [0.3, 0.4) is 0 Å². The second-order valence-electron chi connectivity index (χ2n) is 9.67. The van der Waals surface area contributed by atoms with Gasteiger partial charge in [-0.3, -0.25) is 10.1 Å². The Labute approximate surface area is 227 Å². The number of hydrogen-bond acceptors (Lipinski definition) is 3. The third kappa shape index (κ3) is 5.46. The Morgan fingerprint density at radius 1 is 1.13 bits per heavy atom. The van der Waals surface area contributed by atoms with Crippen molar-refractivity contribution in [3.63, 3.8) is 0 Å². The number of H-pyrrole nitrogens is 2. The van der Waals surface area contributed by atoms with E-state index in [2.05, 4.69) is 51.3 Å². The zero-order valence-electron chi connectivity index (χ0n) is 22.3. The van der Waals surface area contributed by atoms with Gasteiger partial charge in [0.25, 0.3) is 0 Å². The van der Waals surface area contributed by atoms with E-state index in [-0.39, 0.29) is 5.82 Å². The molecule has 5 rings (SSSR count). The molecule has 1 aliphatic carbocycles. The molecule has 0 spiro atoms. The molecule has 4 aromatic rings. The van der Waals surface area contributed by atoms with E-state index in [0.29, 0.717) is 5.92 Å². The summed E-state index contributed by atoms with van der Waals surface area (Å²) in [7, 11) is 0. The molecule has 0 saturated heterocycles. The van der Waals surface area contributed by atoms with Gasteiger partial charge < -0.3 is 10.3 Å². The molecule has 6 heteroatoms. The van der Waals surface area contributed by atoms with E-state index in [4.69, 9.17) is 0 Å². The second-order valence-corrected chi connectivity index (χ2v) is 9.67. The minimum absolute atomic E-state index is 0.270. The maximum absolute atomic E-state index is 13.5. The van der Waals surface area contributed by atoms with Gasteiger partial charge in [0.15, 0.2) is 0 Å². The number of fused-ring (bicyclic) bond motifs is 1. The SMILES string of the molecule is C=C/C(=C\C(=C/C)C(=C)/C=c1/c(-c2cc3c(-c4ccc(F)cc4)cncc3[nH]2)n[nH]/c1=C/C)NC(=C)C1CC1. The summed E-state index contributed by atoms with van der Waals surface area (Å²) in [5.41, 5.74) is 8.02. The average molecular weight is 518 g/mol. The monoisotopic (exact) mass is 517 g/mol. The fourth-order valence-corrected chi connectivity index (χ4v) is 4.63. The van der Waals surface area contributed by atoms with Gasteiger partial charge in [-0.1, -0.05) is 44.0 Å². The van der Waals surface area contributed by atoms with Crippen LogP contribution in [-0.2, 0) is 0 Å². The lowest BCUT2D eigenvalue weighted by atomic mass is 10.0. The standard InChI is InChI=1S/C33H32FN5/c1-6-22(16-26(7-2)36-21(5)23-9-10-23)20(4)15-28-30(8-3)38-39-33(28)31-17-27-29(18-35-19-32(27)37-31)24-11-13-25(34)14-12-24/h6-8,11-19,23,36-38H,2,4-5,9-10H2,1,3H3/b22-6+,26-16+,28-15+,30-8+. The molecule has 0 atom stereocenters. The van der Waals surface area contributed by atoms with Gasteiger partial charge in [-0.25, -0.2) is 4.39 Å². The summed E-state index contributed by atoms with van der Waals surface area (Å²) in [6, 6.07) is 8.50. The van der Waals surface area contributed by atoms with Gasteiger partial charge in [-0.2, -0.15) is 5.10 Å². The largest absolute Gasteiger partial charge is 0.359 e. The highest BCUT2D eigenvalue weighted by atomic mass is 19.1. The maximum atomic E-state index is 13.5. The third-order valence-electron chi connectivity index (χ3n) is 6.98. The van der Waals surface area contributed by atoms with E-state index in [1.54, 1.807) is 30.6 Å². The lowest BCUT2D eigenvalue weighted by Crippen LogP contribution is -2.23. The van der Waals surface area contributed by atoms with E-state index in [1.807, 2.05) is 38.2 Å². The van der Waals surface area contributed by atoms with E-state index >= 15 is 0 Å². The minimum Gasteiger partial charge on any atom is -0.359 e. The van der Waals surface area contributed by atoms with Crippen molar-refractivity contribution in [3.05, 3.63) is 120 Å². The summed E-state index contributed by atoms with van der Waals surface area (Å²) in [5.74, 6) is 0.275. The fraction of sp³-hybridized carbons (Fsp3) is 0.152. The lowest BCUT2D eigenvalue weighted by molar-refractivity contribution is 0.628. The Bertz CT molecular complexity index is 1760.